The van der Waals surface area contributed by atoms with Crippen molar-refractivity contribution in [1.82, 2.24) is 4.90 Å². The number of benzene rings is 1. The van der Waals surface area contributed by atoms with E-state index in [1.54, 1.807) is 4.90 Å². The van der Waals surface area contributed by atoms with Crippen molar-refractivity contribution >= 4 is 17.6 Å². The van der Waals surface area contributed by atoms with Gasteiger partial charge in [-0.15, -0.1) is 0 Å². The van der Waals surface area contributed by atoms with E-state index in [9.17, 15) is 14.7 Å². The van der Waals surface area contributed by atoms with Gasteiger partial charge in [0, 0.05) is 31.9 Å². The Morgan fingerprint density at radius 3 is 2.50 bits per heavy atom. The van der Waals surface area contributed by atoms with E-state index in [1.807, 2.05) is 31.2 Å². The van der Waals surface area contributed by atoms with Crippen LogP contribution in [0.4, 0.5) is 5.69 Å². The molecule has 1 aromatic carbocycles. The predicted octanol–water partition coefficient (Wildman–Crippen LogP) is 3.00. The topological polar surface area (TPSA) is 60.9 Å². The van der Waals surface area contributed by atoms with Crippen LogP contribution >= 0.6 is 0 Å². The van der Waals surface area contributed by atoms with Crippen molar-refractivity contribution in [1.29, 1.82) is 0 Å². The van der Waals surface area contributed by atoms with Crippen LogP contribution in [0.15, 0.2) is 24.3 Å². The van der Waals surface area contributed by atoms with Crippen molar-refractivity contribution in [2.45, 2.75) is 39.0 Å². The summed E-state index contributed by atoms with van der Waals surface area (Å²) in [5.41, 5.74) is 0.899. The van der Waals surface area contributed by atoms with Crippen LogP contribution in [0.2, 0.25) is 0 Å². The molecular formula is C19H26N2O3. The van der Waals surface area contributed by atoms with E-state index in [2.05, 4.69) is 4.90 Å². The standard InChI is InChI=1S/C19H26N2O3/c1-2-19(18(23)24)10-7-13-21(14-19)17(22)15-8-3-4-9-16(15)20-11-5-6-12-20/h3-4,8-9H,2,5-7,10-14H2,1H3,(H,23,24). The molecule has 0 aromatic heterocycles. The predicted molar refractivity (Wildman–Crippen MR) is 93.4 cm³/mol. The number of carboxylic acid groups (broad SMARTS) is 1. The average Bonchev–Trinajstić information content (AvgIpc) is 3.15. The van der Waals surface area contributed by atoms with Crippen LogP contribution in [0, 0.1) is 5.41 Å². The highest BCUT2D eigenvalue weighted by Gasteiger charge is 2.42. The first-order chi connectivity index (χ1) is 11.6. The molecule has 0 radical (unpaired) electrons. The van der Waals surface area contributed by atoms with Gasteiger partial charge in [-0.05, 0) is 44.2 Å². The molecule has 24 heavy (non-hydrogen) atoms. The van der Waals surface area contributed by atoms with Gasteiger partial charge in [-0.2, -0.15) is 0 Å². The lowest BCUT2D eigenvalue weighted by atomic mass is 9.77. The molecule has 2 saturated heterocycles. The second kappa shape index (κ2) is 6.83. The number of para-hydroxylation sites is 1. The number of carboxylic acids is 1. The molecule has 1 unspecified atom stereocenters. The van der Waals surface area contributed by atoms with Crippen LogP contribution in [0.5, 0.6) is 0 Å². The van der Waals surface area contributed by atoms with Gasteiger partial charge in [-0.1, -0.05) is 19.1 Å². The Morgan fingerprint density at radius 2 is 1.83 bits per heavy atom. The fourth-order valence-electron chi connectivity index (χ4n) is 3.98. The summed E-state index contributed by atoms with van der Waals surface area (Å²) in [6.07, 6.45) is 4.27. The minimum atomic E-state index is -0.795. The smallest absolute Gasteiger partial charge is 0.311 e. The third-order valence-corrected chi connectivity index (χ3v) is 5.58. The summed E-state index contributed by atoms with van der Waals surface area (Å²) in [5.74, 6) is -0.813. The van der Waals surface area contributed by atoms with E-state index in [-0.39, 0.29) is 5.91 Å². The monoisotopic (exact) mass is 330 g/mol. The molecule has 3 rings (SSSR count). The van der Waals surface area contributed by atoms with Crippen molar-refractivity contribution < 1.29 is 14.7 Å². The first-order valence-electron chi connectivity index (χ1n) is 8.94. The zero-order chi connectivity index (χ0) is 17.2. The summed E-state index contributed by atoms with van der Waals surface area (Å²) in [6.45, 7) is 4.82. The molecule has 0 aliphatic carbocycles. The lowest BCUT2D eigenvalue weighted by Gasteiger charge is -2.39. The first kappa shape index (κ1) is 16.8. The van der Waals surface area contributed by atoms with Gasteiger partial charge in [0.15, 0.2) is 0 Å². The fourth-order valence-corrected chi connectivity index (χ4v) is 3.98. The quantitative estimate of drug-likeness (QED) is 0.922. The third kappa shape index (κ3) is 2.99. The van der Waals surface area contributed by atoms with E-state index in [0.717, 1.165) is 38.0 Å². The number of rotatable bonds is 4. The van der Waals surface area contributed by atoms with Gasteiger partial charge in [0.1, 0.15) is 0 Å². The number of piperidine rings is 1. The molecule has 2 aliphatic rings. The van der Waals surface area contributed by atoms with E-state index in [0.29, 0.717) is 31.5 Å². The molecule has 5 nitrogen and oxygen atoms in total. The Hall–Kier alpha value is -2.04. The van der Waals surface area contributed by atoms with E-state index < -0.39 is 11.4 Å². The number of hydrogen-bond donors (Lipinski definition) is 1. The first-order valence-corrected chi connectivity index (χ1v) is 8.94. The maximum Gasteiger partial charge on any atom is 0.311 e. The van der Waals surface area contributed by atoms with Gasteiger partial charge in [-0.25, -0.2) is 0 Å². The lowest BCUT2D eigenvalue weighted by Crippen LogP contribution is -2.49. The van der Waals surface area contributed by atoms with E-state index in [4.69, 9.17) is 0 Å². The van der Waals surface area contributed by atoms with Crippen LogP contribution in [0.25, 0.3) is 0 Å². The highest BCUT2D eigenvalue weighted by atomic mass is 16.4. The Morgan fingerprint density at radius 1 is 1.12 bits per heavy atom. The van der Waals surface area contributed by atoms with Gasteiger partial charge in [0.25, 0.3) is 5.91 Å². The van der Waals surface area contributed by atoms with Crippen LogP contribution in [0.3, 0.4) is 0 Å². The molecule has 1 atom stereocenters. The fraction of sp³-hybridized carbons (Fsp3) is 0.579. The molecule has 0 saturated carbocycles. The van der Waals surface area contributed by atoms with Crippen molar-refractivity contribution in [3.63, 3.8) is 0 Å². The number of anilines is 1. The number of carbonyl (C=O) groups is 2. The minimum absolute atomic E-state index is 0.0312. The zero-order valence-electron chi connectivity index (χ0n) is 14.3. The summed E-state index contributed by atoms with van der Waals surface area (Å²) in [4.78, 5) is 28.9. The molecule has 130 valence electrons. The largest absolute Gasteiger partial charge is 0.481 e. The molecule has 2 aliphatic heterocycles. The van der Waals surface area contributed by atoms with Gasteiger partial charge in [0.2, 0.25) is 0 Å². The lowest BCUT2D eigenvalue weighted by molar-refractivity contribution is -0.152. The Bertz CT molecular complexity index is 625. The maximum atomic E-state index is 13.1. The maximum absolute atomic E-state index is 13.1. The average molecular weight is 330 g/mol. The Labute approximate surface area is 143 Å². The number of amides is 1. The van der Waals surface area contributed by atoms with Crippen molar-refractivity contribution in [3.05, 3.63) is 29.8 Å². The van der Waals surface area contributed by atoms with Crippen LogP contribution in [-0.2, 0) is 4.79 Å². The molecule has 1 aromatic rings. The summed E-state index contributed by atoms with van der Waals surface area (Å²) in [5, 5.41) is 9.64. The molecule has 1 N–H and O–H groups in total. The second-order valence-electron chi connectivity index (χ2n) is 6.98. The molecule has 0 bridgehead atoms. The minimum Gasteiger partial charge on any atom is -0.481 e. The number of likely N-dealkylation sites (tertiary alicyclic amines) is 1. The molecular weight excluding hydrogens is 304 g/mol. The number of hydrogen-bond acceptors (Lipinski definition) is 3. The molecule has 2 fully saturated rings. The summed E-state index contributed by atoms with van der Waals surface area (Å²) < 4.78 is 0. The number of aliphatic carboxylic acids is 1. The van der Waals surface area contributed by atoms with Crippen LogP contribution < -0.4 is 4.90 Å². The van der Waals surface area contributed by atoms with Gasteiger partial charge < -0.3 is 14.9 Å². The number of carbonyl (C=O) groups excluding carboxylic acids is 1. The van der Waals surface area contributed by atoms with Crippen LogP contribution in [0.1, 0.15) is 49.4 Å². The molecule has 2 heterocycles. The van der Waals surface area contributed by atoms with E-state index in [1.165, 1.54) is 0 Å². The summed E-state index contributed by atoms with van der Waals surface area (Å²) >= 11 is 0. The summed E-state index contributed by atoms with van der Waals surface area (Å²) in [7, 11) is 0. The zero-order valence-corrected chi connectivity index (χ0v) is 14.3. The number of nitrogens with zero attached hydrogens (tertiary/aromatic N) is 2. The highest BCUT2D eigenvalue weighted by molar-refractivity contribution is 6.00. The summed E-state index contributed by atoms with van der Waals surface area (Å²) in [6, 6.07) is 7.74. The van der Waals surface area contributed by atoms with Gasteiger partial charge in [0.05, 0.1) is 11.0 Å². The van der Waals surface area contributed by atoms with Gasteiger partial charge in [-0.3, -0.25) is 9.59 Å². The van der Waals surface area contributed by atoms with Crippen LogP contribution in [-0.4, -0.2) is 48.1 Å². The highest BCUT2D eigenvalue weighted by Crippen LogP contribution is 2.35. The van der Waals surface area contributed by atoms with Crippen molar-refractivity contribution in [2.24, 2.45) is 5.41 Å². The normalized spacial score (nSPS) is 24.2. The SMILES string of the molecule is CCC1(C(=O)O)CCCN(C(=O)c2ccccc2N2CCCC2)C1. The second-order valence-corrected chi connectivity index (χ2v) is 6.98. The van der Waals surface area contributed by atoms with E-state index >= 15 is 0 Å². The van der Waals surface area contributed by atoms with Gasteiger partial charge >= 0.3 is 5.97 Å². The molecule has 5 heteroatoms. The van der Waals surface area contributed by atoms with Crippen molar-refractivity contribution in [2.75, 3.05) is 31.1 Å². The third-order valence-electron chi connectivity index (χ3n) is 5.58. The Kier molecular flexibility index (Phi) is 4.78. The molecule has 1 amide bonds. The van der Waals surface area contributed by atoms with Crippen molar-refractivity contribution in [3.8, 4) is 0 Å². The Balaban J connectivity index is 1.85. The molecule has 0 spiro atoms.